The van der Waals surface area contributed by atoms with Gasteiger partial charge in [0.25, 0.3) is 0 Å². The van der Waals surface area contributed by atoms with Gasteiger partial charge >= 0.3 is 0 Å². The van der Waals surface area contributed by atoms with Gasteiger partial charge in [-0.1, -0.05) is 0 Å². The second-order valence-electron chi connectivity index (χ2n) is 3.78. The molecule has 0 radical (unpaired) electrons. The van der Waals surface area contributed by atoms with E-state index in [0.717, 1.165) is 11.4 Å². The molecular formula is C12H11N5O. The van der Waals surface area contributed by atoms with Gasteiger partial charge in [0.1, 0.15) is 5.75 Å². The van der Waals surface area contributed by atoms with Gasteiger partial charge < -0.3 is 10.5 Å². The molecule has 0 aliphatic rings. The number of nitrogens with zero attached hydrogens (tertiary/aromatic N) is 4. The van der Waals surface area contributed by atoms with Crippen LogP contribution in [0.2, 0.25) is 0 Å². The molecule has 0 saturated carbocycles. The van der Waals surface area contributed by atoms with Gasteiger partial charge in [-0.3, -0.25) is 9.38 Å². The van der Waals surface area contributed by atoms with E-state index in [1.54, 1.807) is 19.5 Å². The van der Waals surface area contributed by atoms with Gasteiger partial charge in [-0.25, -0.2) is 0 Å². The Kier molecular flexibility index (Phi) is 2.33. The molecule has 0 unspecified atom stereocenters. The van der Waals surface area contributed by atoms with Gasteiger partial charge in [0.05, 0.1) is 19.0 Å². The standard InChI is InChI=1S/C12H11N5O/c1-18-10-3-2-8(6-9(10)13)12-16-15-11-7-14-4-5-17(11)12/h2-7H,13H2,1H3. The average molecular weight is 241 g/mol. The summed E-state index contributed by atoms with van der Waals surface area (Å²) in [5, 5.41) is 8.18. The maximum Gasteiger partial charge on any atom is 0.179 e. The molecule has 2 N–H and O–H groups in total. The lowest BCUT2D eigenvalue weighted by Gasteiger charge is -2.06. The van der Waals surface area contributed by atoms with Crippen molar-refractivity contribution >= 4 is 11.3 Å². The van der Waals surface area contributed by atoms with Crippen LogP contribution in [0, 0.1) is 0 Å². The zero-order chi connectivity index (χ0) is 12.5. The van der Waals surface area contributed by atoms with Crippen molar-refractivity contribution < 1.29 is 4.74 Å². The Morgan fingerprint density at radius 3 is 2.94 bits per heavy atom. The maximum atomic E-state index is 5.89. The summed E-state index contributed by atoms with van der Waals surface area (Å²) in [5.41, 5.74) is 8.04. The van der Waals surface area contributed by atoms with Crippen LogP contribution in [0.15, 0.2) is 36.8 Å². The first-order chi connectivity index (χ1) is 8.79. The van der Waals surface area contributed by atoms with Gasteiger partial charge in [-0.15, -0.1) is 10.2 Å². The lowest BCUT2D eigenvalue weighted by molar-refractivity contribution is 0.417. The Balaban J connectivity index is 2.17. The van der Waals surface area contributed by atoms with E-state index in [1.165, 1.54) is 0 Å². The average Bonchev–Trinajstić information content (AvgIpc) is 2.82. The summed E-state index contributed by atoms with van der Waals surface area (Å²) in [4.78, 5) is 4.00. The summed E-state index contributed by atoms with van der Waals surface area (Å²) in [5.74, 6) is 1.37. The SMILES string of the molecule is COc1ccc(-c2nnc3cnccn23)cc1N. The zero-order valence-corrected chi connectivity index (χ0v) is 9.74. The lowest BCUT2D eigenvalue weighted by atomic mass is 10.2. The highest BCUT2D eigenvalue weighted by molar-refractivity contribution is 5.67. The van der Waals surface area contributed by atoms with Crippen molar-refractivity contribution in [3.8, 4) is 17.1 Å². The minimum Gasteiger partial charge on any atom is -0.495 e. The Morgan fingerprint density at radius 1 is 1.28 bits per heavy atom. The number of methoxy groups -OCH3 is 1. The molecule has 2 heterocycles. The summed E-state index contributed by atoms with van der Waals surface area (Å²) >= 11 is 0. The predicted octanol–water partition coefficient (Wildman–Crippen LogP) is 1.38. The maximum absolute atomic E-state index is 5.89. The first-order valence-electron chi connectivity index (χ1n) is 5.38. The van der Waals surface area contributed by atoms with Crippen molar-refractivity contribution in [1.29, 1.82) is 0 Å². The molecule has 1 aromatic carbocycles. The molecule has 6 nitrogen and oxygen atoms in total. The van der Waals surface area contributed by atoms with Crippen LogP contribution in [0.1, 0.15) is 0 Å². The quantitative estimate of drug-likeness (QED) is 0.686. The summed E-state index contributed by atoms with van der Waals surface area (Å²) in [6, 6.07) is 5.52. The highest BCUT2D eigenvalue weighted by Crippen LogP contribution is 2.27. The van der Waals surface area contributed by atoms with Crippen LogP contribution in [0.5, 0.6) is 5.75 Å². The molecular weight excluding hydrogens is 230 g/mol. The van der Waals surface area contributed by atoms with Crippen LogP contribution in [0.25, 0.3) is 17.0 Å². The zero-order valence-electron chi connectivity index (χ0n) is 9.74. The molecule has 6 heteroatoms. The number of ether oxygens (including phenoxy) is 1. The minimum absolute atomic E-state index is 0.570. The van der Waals surface area contributed by atoms with Gasteiger partial charge in [0.2, 0.25) is 0 Å². The number of anilines is 1. The normalized spacial score (nSPS) is 10.7. The third-order valence-corrected chi connectivity index (χ3v) is 2.70. The smallest absolute Gasteiger partial charge is 0.179 e. The monoisotopic (exact) mass is 241 g/mol. The fraction of sp³-hybridized carbons (Fsp3) is 0.0833. The van der Waals surface area contributed by atoms with Crippen molar-refractivity contribution in [2.75, 3.05) is 12.8 Å². The molecule has 0 bridgehead atoms. The Hall–Kier alpha value is -2.63. The van der Waals surface area contributed by atoms with Gasteiger partial charge in [-0.2, -0.15) is 0 Å². The van der Waals surface area contributed by atoms with E-state index in [-0.39, 0.29) is 0 Å². The van der Waals surface area contributed by atoms with Crippen LogP contribution in [-0.4, -0.2) is 26.7 Å². The van der Waals surface area contributed by atoms with E-state index in [4.69, 9.17) is 10.5 Å². The van der Waals surface area contributed by atoms with Crippen LogP contribution < -0.4 is 10.5 Å². The molecule has 90 valence electrons. The first-order valence-corrected chi connectivity index (χ1v) is 5.38. The van der Waals surface area contributed by atoms with Crippen LogP contribution in [-0.2, 0) is 0 Å². The molecule has 18 heavy (non-hydrogen) atoms. The lowest BCUT2D eigenvalue weighted by Crippen LogP contribution is -1.94. The molecule has 3 rings (SSSR count). The fourth-order valence-electron chi connectivity index (χ4n) is 1.82. The van der Waals surface area contributed by atoms with E-state index in [9.17, 15) is 0 Å². The van der Waals surface area contributed by atoms with Crippen LogP contribution >= 0.6 is 0 Å². The first kappa shape index (κ1) is 10.5. The number of aromatic nitrogens is 4. The number of rotatable bonds is 2. The minimum atomic E-state index is 0.570. The number of hydrogen-bond acceptors (Lipinski definition) is 5. The van der Waals surface area contributed by atoms with E-state index >= 15 is 0 Å². The molecule has 0 amide bonds. The highest BCUT2D eigenvalue weighted by Gasteiger charge is 2.09. The molecule has 0 fully saturated rings. The Bertz CT molecular complexity index is 707. The second-order valence-corrected chi connectivity index (χ2v) is 3.78. The van der Waals surface area contributed by atoms with Gasteiger partial charge in [0, 0.05) is 18.0 Å². The Labute approximate surface area is 103 Å². The molecule has 0 atom stereocenters. The van der Waals surface area contributed by atoms with E-state index in [1.807, 2.05) is 28.8 Å². The van der Waals surface area contributed by atoms with Gasteiger partial charge in [-0.05, 0) is 18.2 Å². The summed E-state index contributed by atoms with van der Waals surface area (Å²) in [7, 11) is 1.59. The third-order valence-electron chi connectivity index (χ3n) is 2.70. The van der Waals surface area contributed by atoms with E-state index in [2.05, 4.69) is 15.2 Å². The number of nitrogens with two attached hydrogens (primary N) is 1. The molecule has 0 aliphatic carbocycles. The number of hydrogen-bond donors (Lipinski definition) is 1. The molecule has 2 aromatic heterocycles. The van der Waals surface area contributed by atoms with E-state index in [0.29, 0.717) is 17.1 Å². The number of nitrogen functional groups attached to an aromatic ring is 1. The van der Waals surface area contributed by atoms with E-state index < -0.39 is 0 Å². The fourth-order valence-corrected chi connectivity index (χ4v) is 1.82. The third kappa shape index (κ3) is 1.55. The highest BCUT2D eigenvalue weighted by atomic mass is 16.5. The molecule has 3 aromatic rings. The van der Waals surface area contributed by atoms with Crippen LogP contribution in [0.4, 0.5) is 5.69 Å². The van der Waals surface area contributed by atoms with Crippen molar-refractivity contribution in [3.63, 3.8) is 0 Å². The second kappa shape index (κ2) is 3.99. The Morgan fingerprint density at radius 2 is 2.17 bits per heavy atom. The number of benzene rings is 1. The van der Waals surface area contributed by atoms with Crippen molar-refractivity contribution in [2.45, 2.75) is 0 Å². The van der Waals surface area contributed by atoms with Crippen molar-refractivity contribution in [1.82, 2.24) is 19.6 Å². The molecule has 0 aliphatic heterocycles. The van der Waals surface area contributed by atoms with Gasteiger partial charge in [0.15, 0.2) is 11.5 Å². The summed E-state index contributed by atoms with van der Waals surface area (Å²) < 4.78 is 6.98. The van der Waals surface area contributed by atoms with Crippen LogP contribution in [0.3, 0.4) is 0 Å². The topological polar surface area (TPSA) is 78.3 Å². The largest absolute Gasteiger partial charge is 0.495 e. The number of fused-ring (bicyclic) bond motifs is 1. The molecule has 0 spiro atoms. The summed E-state index contributed by atoms with van der Waals surface area (Å²) in [6.07, 6.45) is 5.15. The molecule has 0 saturated heterocycles. The summed E-state index contributed by atoms with van der Waals surface area (Å²) in [6.45, 7) is 0. The van der Waals surface area contributed by atoms with Crippen molar-refractivity contribution in [2.24, 2.45) is 0 Å². The van der Waals surface area contributed by atoms with Crippen molar-refractivity contribution in [3.05, 3.63) is 36.8 Å². The predicted molar refractivity (Wildman–Crippen MR) is 67.2 cm³/mol.